The number of hydrogen-bond acceptors (Lipinski definition) is 8. The van der Waals surface area contributed by atoms with Gasteiger partial charge in [-0.3, -0.25) is 19.2 Å². The molecule has 1 saturated heterocycles. The summed E-state index contributed by atoms with van der Waals surface area (Å²) in [5.74, 6) is -0.169. The van der Waals surface area contributed by atoms with Gasteiger partial charge in [0.2, 0.25) is 0 Å². The Morgan fingerprint density at radius 1 is 1.09 bits per heavy atom. The summed E-state index contributed by atoms with van der Waals surface area (Å²) in [6.07, 6.45) is 3.69. The van der Waals surface area contributed by atoms with Gasteiger partial charge in [-0.1, -0.05) is 17.7 Å². The maximum absolute atomic E-state index is 12.4. The fraction of sp³-hybridized carbons (Fsp3) is 0.217. The Morgan fingerprint density at radius 2 is 1.94 bits per heavy atom. The number of hydrogen-bond donors (Lipinski definition) is 4. The first-order valence-corrected chi connectivity index (χ1v) is 12.1. The molecule has 0 spiro atoms. The van der Waals surface area contributed by atoms with Crippen LogP contribution in [0.3, 0.4) is 0 Å². The SMILES string of the molecule is O=C(NCC1=CN(c2ccc(-n3ccccc3=O)cc2N2CCNCC2)NN1)c1ccc(Cl)s1. The lowest BCUT2D eigenvalue weighted by Crippen LogP contribution is -2.45. The van der Waals surface area contributed by atoms with Gasteiger partial charge in [-0.2, -0.15) is 0 Å². The summed E-state index contributed by atoms with van der Waals surface area (Å²) in [4.78, 5) is 27.6. The first-order valence-electron chi connectivity index (χ1n) is 10.9. The Balaban J connectivity index is 1.38. The maximum atomic E-state index is 12.4. The Hall–Kier alpha value is -3.31. The van der Waals surface area contributed by atoms with Crippen LogP contribution in [-0.4, -0.2) is 43.2 Å². The smallest absolute Gasteiger partial charge is 0.261 e. The van der Waals surface area contributed by atoms with Crippen molar-refractivity contribution in [3.8, 4) is 5.69 Å². The summed E-state index contributed by atoms with van der Waals surface area (Å²) in [7, 11) is 0. The molecular formula is C23H24ClN7O2S. The number of carbonyl (C=O) groups is 1. The molecule has 0 atom stereocenters. The van der Waals surface area contributed by atoms with Crippen molar-refractivity contribution in [3.05, 3.63) is 86.2 Å². The van der Waals surface area contributed by atoms with Crippen molar-refractivity contribution in [3.63, 3.8) is 0 Å². The molecule has 5 rings (SSSR count). The lowest BCUT2D eigenvalue weighted by Gasteiger charge is -2.33. The van der Waals surface area contributed by atoms with Gasteiger partial charge in [0.25, 0.3) is 11.5 Å². The van der Waals surface area contributed by atoms with Crippen LogP contribution in [0.2, 0.25) is 4.34 Å². The van der Waals surface area contributed by atoms with E-state index in [9.17, 15) is 9.59 Å². The van der Waals surface area contributed by atoms with Crippen molar-refractivity contribution in [1.82, 2.24) is 26.2 Å². The standard InChI is InChI=1S/C23H24ClN7O2S/c24-21-7-6-20(34-21)23(33)26-14-16-15-31(28-27-16)18-5-4-17(30-10-2-1-3-22(30)32)13-19(18)29-11-8-25-9-12-29/h1-7,10,13,15,25,27-28H,8-9,11-12,14H2,(H,26,33). The van der Waals surface area contributed by atoms with E-state index in [1.165, 1.54) is 11.3 Å². The van der Waals surface area contributed by atoms with Crippen molar-refractivity contribution in [2.24, 2.45) is 0 Å². The molecule has 0 saturated carbocycles. The Morgan fingerprint density at radius 3 is 2.71 bits per heavy atom. The third-order valence-electron chi connectivity index (χ3n) is 5.64. The maximum Gasteiger partial charge on any atom is 0.261 e. The predicted molar refractivity (Wildman–Crippen MR) is 136 cm³/mol. The molecule has 9 nitrogen and oxygen atoms in total. The molecule has 4 heterocycles. The molecule has 0 aliphatic carbocycles. The normalized spacial score (nSPS) is 15.7. The van der Waals surface area contributed by atoms with E-state index < -0.39 is 0 Å². The Bertz CT molecular complexity index is 1280. The lowest BCUT2D eigenvalue weighted by atomic mass is 10.2. The summed E-state index contributed by atoms with van der Waals surface area (Å²) >= 11 is 7.17. The van der Waals surface area contributed by atoms with E-state index >= 15 is 0 Å². The van der Waals surface area contributed by atoms with Gasteiger partial charge < -0.3 is 21.0 Å². The molecule has 176 valence electrons. The zero-order chi connectivity index (χ0) is 23.5. The van der Waals surface area contributed by atoms with Crippen LogP contribution in [0.15, 0.2) is 71.4 Å². The van der Waals surface area contributed by atoms with Gasteiger partial charge >= 0.3 is 0 Å². The second-order valence-corrected chi connectivity index (χ2v) is 9.58. The van der Waals surface area contributed by atoms with Gasteiger partial charge in [0.05, 0.1) is 38.5 Å². The van der Waals surface area contributed by atoms with Gasteiger partial charge in [0.1, 0.15) is 0 Å². The van der Waals surface area contributed by atoms with Crippen LogP contribution in [0.4, 0.5) is 11.4 Å². The molecule has 2 aromatic heterocycles. The minimum atomic E-state index is -0.169. The summed E-state index contributed by atoms with van der Waals surface area (Å²) in [5, 5.41) is 8.17. The van der Waals surface area contributed by atoms with Crippen molar-refractivity contribution in [2.75, 3.05) is 42.6 Å². The predicted octanol–water partition coefficient (Wildman–Crippen LogP) is 2.06. The fourth-order valence-electron chi connectivity index (χ4n) is 3.94. The van der Waals surface area contributed by atoms with Crippen LogP contribution in [0.1, 0.15) is 9.67 Å². The number of anilines is 2. The Labute approximate surface area is 205 Å². The summed E-state index contributed by atoms with van der Waals surface area (Å²) in [5.41, 5.74) is 9.76. The highest BCUT2D eigenvalue weighted by Crippen LogP contribution is 2.32. The molecule has 2 aliphatic rings. The number of halogens is 1. The third kappa shape index (κ3) is 4.80. The molecule has 4 N–H and O–H groups in total. The van der Waals surface area contributed by atoms with Crippen LogP contribution >= 0.6 is 22.9 Å². The fourth-order valence-corrected chi connectivity index (χ4v) is 4.90. The largest absolute Gasteiger partial charge is 0.367 e. The number of hydrazine groups is 2. The average molecular weight is 498 g/mol. The number of nitrogens with zero attached hydrogens (tertiary/aromatic N) is 3. The molecule has 3 aromatic rings. The first-order chi connectivity index (χ1) is 16.6. The van der Waals surface area contributed by atoms with Gasteiger partial charge in [-0.25, -0.2) is 0 Å². The summed E-state index contributed by atoms with van der Waals surface area (Å²) in [6, 6.07) is 14.5. The van der Waals surface area contributed by atoms with Gasteiger partial charge in [0.15, 0.2) is 0 Å². The van der Waals surface area contributed by atoms with E-state index in [2.05, 4.69) is 26.5 Å². The van der Waals surface area contributed by atoms with E-state index in [1.54, 1.807) is 35.0 Å². The van der Waals surface area contributed by atoms with E-state index in [-0.39, 0.29) is 11.5 Å². The van der Waals surface area contributed by atoms with Crippen LogP contribution < -0.4 is 37.1 Å². The molecule has 1 fully saturated rings. The van der Waals surface area contributed by atoms with Crippen LogP contribution in [0, 0.1) is 0 Å². The zero-order valence-corrected chi connectivity index (χ0v) is 19.8. The van der Waals surface area contributed by atoms with Crippen LogP contribution in [0.25, 0.3) is 5.69 Å². The number of benzene rings is 1. The highest BCUT2D eigenvalue weighted by molar-refractivity contribution is 7.18. The van der Waals surface area contributed by atoms with Crippen LogP contribution in [0.5, 0.6) is 0 Å². The van der Waals surface area contributed by atoms with Gasteiger partial charge in [0, 0.05) is 44.6 Å². The molecule has 0 bridgehead atoms. The average Bonchev–Trinajstić information content (AvgIpc) is 3.52. The third-order valence-corrected chi connectivity index (χ3v) is 6.87. The van der Waals surface area contributed by atoms with Crippen molar-refractivity contribution >= 4 is 40.2 Å². The monoisotopic (exact) mass is 497 g/mol. The topological polar surface area (TPSA) is 93.7 Å². The summed E-state index contributed by atoms with van der Waals surface area (Å²) in [6.45, 7) is 3.83. The molecule has 34 heavy (non-hydrogen) atoms. The molecule has 2 aliphatic heterocycles. The molecular weight excluding hydrogens is 474 g/mol. The molecule has 11 heteroatoms. The second-order valence-electron chi connectivity index (χ2n) is 7.87. The van der Waals surface area contributed by atoms with Crippen LogP contribution in [-0.2, 0) is 0 Å². The summed E-state index contributed by atoms with van der Waals surface area (Å²) < 4.78 is 2.22. The van der Waals surface area contributed by atoms with E-state index in [0.717, 1.165) is 48.9 Å². The van der Waals surface area contributed by atoms with Gasteiger partial charge in [-0.05, 0) is 36.4 Å². The highest BCUT2D eigenvalue weighted by Gasteiger charge is 2.22. The molecule has 1 amide bonds. The number of rotatable bonds is 6. The Kier molecular flexibility index (Phi) is 6.54. The number of carbonyl (C=O) groups excluding carboxylic acids is 1. The number of piperazine rings is 1. The lowest BCUT2D eigenvalue weighted by molar-refractivity contribution is 0.0960. The first kappa shape index (κ1) is 22.5. The highest BCUT2D eigenvalue weighted by atomic mass is 35.5. The number of amides is 1. The molecule has 0 radical (unpaired) electrons. The van der Waals surface area contributed by atoms with Crippen molar-refractivity contribution in [1.29, 1.82) is 0 Å². The second kappa shape index (κ2) is 9.90. The number of nitrogens with one attached hydrogen (secondary N) is 4. The minimum Gasteiger partial charge on any atom is -0.367 e. The quantitative estimate of drug-likeness (QED) is 0.414. The van der Waals surface area contributed by atoms with Crippen molar-refractivity contribution < 1.29 is 4.79 Å². The van der Waals surface area contributed by atoms with E-state index in [1.807, 2.05) is 35.5 Å². The van der Waals surface area contributed by atoms with Gasteiger partial charge in [-0.15, -0.1) is 16.9 Å². The zero-order valence-electron chi connectivity index (χ0n) is 18.3. The van der Waals surface area contributed by atoms with Crippen molar-refractivity contribution in [2.45, 2.75) is 0 Å². The molecule has 1 aromatic carbocycles. The number of thiophene rings is 1. The van der Waals surface area contributed by atoms with E-state index in [0.29, 0.717) is 15.8 Å². The minimum absolute atomic E-state index is 0.0765. The number of pyridine rings is 1. The van der Waals surface area contributed by atoms with E-state index in [4.69, 9.17) is 11.6 Å². The number of aromatic nitrogens is 1. The molecule has 0 unspecified atom stereocenters.